The van der Waals surface area contributed by atoms with Crippen LogP contribution in [0.25, 0.3) is 6.08 Å². The highest BCUT2D eigenvalue weighted by atomic mass is 32.2. The summed E-state index contributed by atoms with van der Waals surface area (Å²) in [6.45, 7) is 1.16. The van der Waals surface area contributed by atoms with Crippen molar-refractivity contribution in [2.75, 3.05) is 13.1 Å². The fourth-order valence-corrected chi connectivity index (χ4v) is 5.37. The van der Waals surface area contributed by atoms with E-state index in [0.29, 0.717) is 38.0 Å². The summed E-state index contributed by atoms with van der Waals surface area (Å²) < 4.78 is 26.9. The maximum atomic E-state index is 13.3. The first-order valence-electron chi connectivity index (χ1n) is 11.3. The Bertz CT molecular complexity index is 1120. The van der Waals surface area contributed by atoms with Crippen molar-refractivity contribution in [1.82, 2.24) is 9.21 Å². The first-order chi connectivity index (χ1) is 15.8. The standard InChI is InChI=1S/C25H29N3O4S/c26-24(29)21-8-6-20(7-9-21)18-28(23-10-11-23)25(30)22-12-15-27(16-13-22)33(31,32)17-14-19-4-2-1-3-5-19/h1-9,14,17,22-23H,10-13,15-16,18H2,(H2,26,29)/b17-14+. The maximum absolute atomic E-state index is 13.3. The molecular weight excluding hydrogens is 438 g/mol. The number of nitrogens with zero attached hydrogens (tertiary/aromatic N) is 2. The Hall–Kier alpha value is -2.97. The van der Waals surface area contributed by atoms with Crippen molar-refractivity contribution in [1.29, 1.82) is 0 Å². The minimum absolute atomic E-state index is 0.0911. The summed E-state index contributed by atoms with van der Waals surface area (Å²) >= 11 is 0. The SMILES string of the molecule is NC(=O)c1ccc(CN(C(=O)C2CCN(S(=O)(=O)/C=C/c3ccccc3)CC2)C2CC2)cc1. The third kappa shape index (κ3) is 5.89. The predicted molar refractivity (Wildman–Crippen MR) is 127 cm³/mol. The molecule has 0 aromatic heterocycles. The second kappa shape index (κ2) is 9.89. The number of piperidine rings is 1. The fraction of sp³-hybridized carbons (Fsp3) is 0.360. The van der Waals surface area contributed by atoms with Gasteiger partial charge in [-0.15, -0.1) is 0 Å². The molecule has 7 nitrogen and oxygen atoms in total. The number of amides is 2. The summed E-state index contributed by atoms with van der Waals surface area (Å²) in [5, 5.41) is 1.25. The molecule has 0 spiro atoms. The molecule has 0 bridgehead atoms. The van der Waals surface area contributed by atoms with Gasteiger partial charge in [-0.05, 0) is 55.0 Å². The van der Waals surface area contributed by atoms with Gasteiger partial charge in [-0.1, -0.05) is 42.5 Å². The summed E-state index contributed by atoms with van der Waals surface area (Å²) in [5.41, 5.74) is 7.53. The van der Waals surface area contributed by atoms with Crippen molar-refractivity contribution in [3.05, 3.63) is 76.7 Å². The van der Waals surface area contributed by atoms with E-state index in [0.717, 1.165) is 24.0 Å². The van der Waals surface area contributed by atoms with Gasteiger partial charge >= 0.3 is 0 Å². The number of nitrogens with two attached hydrogens (primary N) is 1. The third-order valence-corrected chi connectivity index (χ3v) is 7.82. The summed E-state index contributed by atoms with van der Waals surface area (Å²) in [5.74, 6) is -0.564. The number of hydrogen-bond donors (Lipinski definition) is 1. The topological polar surface area (TPSA) is 101 Å². The van der Waals surface area contributed by atoms with Crippen LogP contribution >= 0.6 is 0 Å². The van der Waals surface area contributed by atoms with Crippen LogP contribution in [0.15, 0.2) is 60.0 Å². The zero-order valence-corrected chi connectivity index (χ0v) is 19.3. The summed E-state index contributed by atoms with van der Waals surface area (Å²) in [6, 6.07) is 16.6. The molecule has 1 aliphatic carbocycles. The zero-order chi connectivity index (χ0) is 23.4. The molecule has 1 saturated carbocycles. The third-order valence-electron chi connectivity index (χ3n) is 6.26. The molecule has 1 saturated heterocycles. The van der Waals surface area contributed by atoms with Crippen molar-refractivity contribution in [2.24, 2.45) is 11.7 Å². The average molecular weight is 468 g/mol. The zero-order valence-electron chi connectivity index (χ0n) is 18.5. The summed E-state index contributed by atoms with van der Waals surface area (Å²) in [4.78, 5) is 26.5. The van der Waals surface area contributed by atoms with Crippen molar-refractivity contribution in [3.8, 4) is 0 Å². The molecule has 1 heterocycles. The van der Waals surface area contributed by atoms with E-state index in [9.17, 15) is 18.0 Å². The number of primary amides is 1. The molecule has 0 unspecified atom stereocenters. The monoisotopic (exact) mass is 467 g/mol. The second-order valence-corrected chi connectivity index (χ2v) is 10.5. The van der Waals surface area contributed by atoms with Crippen molar-refractivity contribution >= 4 is 27.9 Å². The van der Waals surface area contributed by atoms with E-state index >= 15 is 0 Å². The highest BCUT2D eigenvalue weighted by Crippen LogP contribution is 2.32. The molecule has 33 heavy (non-hydrogen) atoms. The number of carbonyl (C=O) groups excluding carboxylic acids is 2. The van der Waals surface area contributed by atoms with Gasteiger partial charge in [0.2, 0.25) is 21.8 Å². The molecule has 2 aliphatic rings. The normalized spacial score (nSPS) is 17.8. The van der Waals surface area contributed by atoms with Crippen molar-refractivity contribution in [3.63, 3.8) is 0 Å². The Kier molecular flexibility index (Phi) is 6.95. The molecule has 1 aliphatic heterocycles. The number of hydrogen-bond acceptors (Lipinski definition) is 4. The Labute approximate surface area is 194 Å². The van der Waals surface area contributed by atoms with Crippen LogP contribution in [0, 0.1) is 5.92 Å². The van der Waals surface area contributed by atoms with E-state index in [-0.39, 0.29) is 17.9 Å². The lowest BCUT2D eigenvalue weighted by atomic mass is 9.96. The van der Waals surface area contributed by atoms with Crippen LogP contribution in [-0.4, -0.2) is 48.6 Å². The van der Waals surface area contributed by atoms with Gasteiger partial charge in [-0.3, -0.25) is 9.59 Å². The van der Waals surface area contributed by atoms with E-state index in [1.807, 2.05) is 47.4 Å². The summed E-state index contributed by atoms with van der Waals surface area (Å²) in [7, 11) is -3.52. The molecule has 2 aromatic rings. The first kappa shape index (κ1) is 23.2. The smallest absolute Gasteiger partial charge is 0.248 e. The number of benzene rings is 2. The molecule has 2 amide bonds. The molecule has 0 radical (unpaired) electrons. The van der Waals surface area contributed by atoms with E-state index in [2.05, 4.69) is 0 Å². The minimum atomic E-state index is -3.52. The van der Waals surface area contributed by atoms with Gasteiger partial charge in [0.05, 0.1) is 0 Å². The molecule has 2 N–H and O–H groups in total. The maximum Gasteiger partial charge on any atom is 0.248 e. The van der Waals surface area contributed by atoms with Crippen LogP contribution in [0.5, 0.6) is 0 Å². The van der Waals surface area contributed by atoms with Crippen LogP contribution in [0.2, 0.25) is 0 Å². The molecule has 2 fully saturated rings. The van der Waals surface area contributed by atoms with Gasteiger partial charge in [-0.25, -0.2) is 8.42 Å². The lowest BCUT2D eigenvalue weighted by Gasteiger charge is -2.33. The molecule has 2 aromatic carbocycles. The summed E-state index contributed by atoms with van der Waals surface area (Å²) in [6.07, 6.45) is 4.61. The van der Waals surface area contributed by atoms with E-state index in [1.54, 1.807) is 18.2 Å². The first-order valence-corrected chi connectivity index (χ1v) is 12.8. The second-order valence-electron chi connectivity index (χ2n) is 8.69. The van der Waals surface area contributed by atoms with Gasteiger partial charge in [-0.2, -0.15) is 4.31 Å². The Morgan fingerprint density at radius 1 is 0.970 bits per heavy atom. The predicted octanol–water partition coefficient (Wildman–Crippen LogP) is 2.99. The minimum Gasteiger partial charge on any atom is -0.366 e. The molecule has 0 atom stereocenters. The van der Waals surface area contributed by atoms with Crippen LogP contribution in [-0.2, 0) is 21.4 Å². The largest absolute Gasteiger partial charge is 0.366 e. The van der Waals surface area contributed by atoms with E-state index in [1.165, 1.54) is 9.71 Å². The fourth-order valence-electron chi connectivity index (χ4n) is 4.15. The molecule has 4 rings (SSSR count). The van der Waals surface area contributed by atoms with Gasteiger partial charge < -0.3 is 10.6 Å². The van der Waals surface area contributed by atoms with E-state index < -0.39 is 15.9 Å². The van der Waals surface area contributed by atoms with Gasteiger partial charge in [0, 0.05) is 42.6 Å². The lowest BCUT2D eigenvalue weighted by Crippen LogP contribution is -2.44. The van der Waals surface area contributed by atoms with E-state index in [4.69, 9.17) is 5.73 Å². The Balaban J connectivity index is 1.36. The van der Waals surface area contributed by atoms with Gasteiger partial charge in [0.1, 0.15) is 0 Å². The number of sulfonamides is 1. The molecular formula is C25H29N3O4S. The van der Waals surface area contributed by atoms with Gasteiger partial charge in [0.25, 0.3) is 0 Å². The highest BCUT2D eigenvalue weighted by Gasteiger charge is 2.38. The average Bonchev–Trinajstić information content (AvgIpc) is 3.67. The van der Waals surface area contributed by atoms with Crippen LogP contribution in [0.4, 0.5) is 0 Å². The van der Waals surface area contributed by atoms with Crippen molar-refractivity contribution in [2.45, 2.75) is 38.3 Å². The Morgan fingerprint density at radius 2 is 1.61 bits per heavy atom. The molecule has 8 heteroatoms. The highest BCUT2D eigenvalue weighted by molar-refractivity contribution is 7.92. The quantitative estimate of drug-likeness (QED) is 0.645. The van der Waals surface area contributed by atoms with Crippen LogP contribution in [0.1, 0.15) is 47.2 Å². The van der Waals surface area contributed by atoms with Crippen molar-refractivity contribution < 1.29 is 18.0 Å². The lowest BCUT2D eigenvalue weighted by molar-refractivity contribution is -0.138. The Morgan fingerprint density at radius 3 is 2.18 bits per heavy atom. The van der Waals surface area contributed by atoms with Crippen LogP contribution < -0.4 is 5.73 Å². The number of carbonyl (C=O) groups is 2. The molecule has 174 valence electrons. The van der Waals surface area contributed by atoms with Gasteiger partial charge in [0.15, 0.2) is 0 Å². The number of rotatable bonds is 8. The van der Waals surface area contributed by atoms with Crippen LogP contribution in [0.3, 0.4) is 0 Å².